The van der Waals surface area contributed by atoms with Crippen LogP contribution in [-0.4, -0.2) is 47.3 Å². The molecule has 192 valence electrons. The van der Waals surface area contributed by atoms with Crippen molar-refractivity contribution in [3.63, 3.8) is 0 Å². The van der Waals surface area contributed by atoms with Crippen molar-refractivity contribution in [2.24, 2.45) is 5.41 Å². The summed E-state index contributed by atoms with van der Waals surface area (Å²) in [4.78, 5) is 44.7. The Bertz CT molecular complexity index is 523. The topological polar surface area (TPSA) is 127 Å². The van der Waals surface area contributed by atoms with Gasteiger partial charge in [0.2, 0.25) is 0 Å². The molecule has 0 atom stereocenters. The molecule has 0 heterocycles. The molecular weight excluding hydrogens is 428 g/mol. The van der Waals surface area contributed by atoms with Crippen LogP contribution in [-0.2, 0) is 28.7 Å². The van der Waals surface area contributed by atoms with Crippen LogP contribution in [0.25, 0.3) is 0 Å². The maximum absolute atomic E-state index is 11.9. The second kappa shape index (κ2) is 19.4. The van der Waals surface area contributed by atoms with Crippen LogP contribution in [0.3, 0.4) is 0 Å². The van der Waals surface area contributed by atoms with Gasteiger partial charge in [0.15, 0.2) is 0 Å². The minimum Gasteiger partial charge on any atom is -0.481 e. The molecule has 33 heavy (non-hydrogen) atoms. The number of carbonyl (C=O) groups is 4. The Labute approximate surface area is 198 Å². The standard InChI is InChI=1S/C25H44O8/c1-25(2,19-32-23(30)17-13-9-5-3-7-11-15-21(26)27)20-33-24(31)18-14-10-6-4-8-12-16-22(28)29/h3-20H2,1-2H3,(H,26,27)(H,28,29). The van der Waals surface area contributed by atoms with Crippen molar-refractivity contribution in [2.45, 2.75) is 117 Å². The van der Waals surface area contributed by atoms with Crippen molar-refractivity contribution in [1.29, 1.82) is 0 Å². The third kappa shape index (κ3) is 22.9. The lowest BCUT2D eigenvalue weighted by atomic mass is 9.96. The predicted molar refractivity (Wildman–Crippen MR) is 125 cm³/mol. The molecule has 0 saturated carbocycles. The molecule has 0 amide bonds. The van der Waals surface area contributed by atoms with E-state index >= 15 is 0 Å². The molecular formula is C25H44O8. The minimum atomic E-state index is -0.756. The lowest BCUT2D eigenvalue weighted by Crippen LogP contribution is -2.28. The monoisotopic (exact) mass is 472 g/mol. The Morgan fingerprint density at radius 2 is 0.788 bits per heavy atom. The molecule has 2 N–H and O–H groups in total. The lowest BCUT2D eigenvalue weighted by Gasteiger charge is -2.23. The summed E-state index contributed by atoms with van der Waals surface area (Å²) in [7, 11) is 0. The number of esters is 2. The first-order valence-electron chi connectivity index (χ1n) is 12.4. The summed E-state index contributed by atoms with van der Waals surface area (Å²) >= 11 is 0. The zero-order valence-electron chi connectivity index (χ0n) is 20.6. The van der Waals surface area contributed by atoms with Gasteiger partial charge in [-0.15, -0.1) is 0 Å². The van der Waals surface area contributed by atoms with Crippen LogP contribution in [0.2, 0.25) is 0 Å². The van der Waals surface area contributed by atoms with Crippen LogP contribution < -0.4 is 0 Å². The third-order valence-corrected chi connectivity index (χ3v) is 5.29. The third-order valence-electron chi connectivity index (χ3n) is 5.29. The molecule has 0 bridgehead atoms. The fourth-order valence-corrected chi connectivity index (χ4v) is 3.24. The number of unbranched alkanes of at least 4 members (excludes halogenated alkanes) is 10. The van der Waals surface area contributed by atoms with Gasteiger partial charge in [0.05, 0.1) is 13.2 Å². The van der Waals surface area contributed by atoms with Crippen LogP contribution in [0.15, 0.2) is 0 Å². The second-order valence-corrected chi connectivity index (χ2v) is 9.52. The van der Waals surface area contributed by atoms with E-state index in [0.29, 0.717) is 25.7 Å². The average Bonchev–Trinajstić information content (AvgIpc) is 2.74. The van der Waals surface area contributed by atoms with Crippen LogP contribution in [0, 0.1) is 5.41 Å². The van der Waals surface area contributed by atoms with E-state index < -0.39 is 17.4 Å². The van der Waals surface area contributed by atoms with Crippen molar-refractivity contribution in [1.82, 2.24) is 0 Å². The molecule has 8 heteroatoms. The lowest BCUT2D eigenvalue weighted by molar-refractivity contribution is -0.153. The van der Waals surface area contributed by atoms with E-state index in [-0.39, 0.29) is 38.0 Å². The van der Waals surface area contributed by atoms with Gasteiger partial charge in [-0.3, -0.25) is 19.2 Å². The fraction of sp³-hybridized carbons (Fsp3) is 0.840. The van der Waals surface area contributed by atoms with Crippen LogP contribution in [0.1, 0.15) is 117 Å². The number of rotatable bonds is 22. The normalized spacial score (nSPS) is 11.2. The molecule has 8 nitrogen and oxygen atoms in total. The zero-order valence-corrected chi connectivity index (χ0v) is 20.6. The molecule has 0 saturated heterocycles. The summed E-state index contributed by atoms with van der Waals surface area (Å²) in [5.41, 5.74) is -0.445. The summed E-state index contributed by atoms with van der Waals surface area (Å²) in [5.74, 6) is -2.00. The second-order valence-electron chi connectivity index (χ2n) is 9.52. The van der Waals surface area contributed by atoms with E-state index in [0.717, 1.165) is 64.2 Å². The number of hydrogen-bond donors (Lipinski definition) is 2. The van der Waals surface area contributed by atoms with Gasteiger partial charge in [-0.2, -0.15) is 0 Å². The Balaban J connectivity index is 3.67. The van der Waals surface area contributed by atoms with E-state index in [1.807, 2.05) is 13.8 Å². The van der Waals surface area contributed by atoms with Gasteiger partial charge in [0.1, 0.15) is 0 Å². The number of carboxylic acid groups (broad SMARTS) is 2. The van der Waals surface area contributed by atoms with Gasteiger partial charge in [0, 0.05) is 31.1 Å². The Morgan fingerprint density at radius 1 is 0.515 bits per heavy atom. The van der Waals surface area contributed by atoms with Crippen molar-refractivity contribution >= 4 is 23.9 Å². The molecule has 0 unspecified atom stereocenters. The van der Waals surface area contributed by atoms with E-state index in [4.69, 9.17) is 19.7 Å². The van der Waals surface area contributed by atoms with Gasteiger partial charge in [-0.25, -0.2) is 0 Å². The summed E-state index contributed by atoms with van der Waals surface area (Å²) in [5, 5.41) is 17.2. The number of ether oxygens (including phenoxy) is 2. The molecule has 0 rings (SSSR count). The quantitative estimate of drug-likeness (QED) is 0.156. The van der Waals surface area contributed by atoms with Crippen molar-refractivity contribution in [3.05, 3.63) is 0 Å². The van der Waals surface area contributed by atoms with Crippen molar-refractivity contribution < 1.29 is 38.9 Å². The highest BCUT2D eigenvalue weighted by Gasteiger charge is 2.22. The highest BCUT2D eigenvalue weighted by molar-refractivity contribution is 5.70. The van der Waals surface area contributed by atoms with Crippen LogP contribution >= 0.6 is 0 Å². The van der Waals surface area contributed by atoms with Gasteiger partial charge >= 0.3 is 23.9 Å². The molecule has 0 aliphatic rings. The Kier molecular flexibility index (Phi) is 18.1. The van der Waals surface area contributed by atoms with Crippen molar-refractivity contribution in [3.8, 4) is 0 Å². The molecule has 0 aromatic carbocycles. The van der Waals surface area contributed by atoms with Gasteiger partial charge < -0.3 is 19.7 Å². The Morgan fingerprint density at radius 3 is 1.09 bits per heavy atom. The maximum atomic E-state index is 11.9. The smallest absolute Gasteiger partial charge is 0.305 e. The molecule has 0 aromatic rings. The van der Waals surface area contributed by atoms with E-state index in [1.54, 1.807) is 0 Å². The largest absolute Gasteiger partial charge is 0.481 e. The summed E-state index contributed by atoms with van der Waals surface area (Å²) in [6, 6.07) is 0. The first-order valence-corrected chi connectivity index (χ1v) is 12.4. The van der Waals surface area contributed by atoms with Crippen molar-refractivity contribution in [2.75, 3.05) is 13.2 Å². The molecule has 0 fully saturated rings. The van der Waals surface area contributed by atoms with Crippen LogP contribution in [0.4, 0.5) is 0 Å². The fourth-order valence-electron chi connectivity index (χ4n) is 3.24. The Hall–Kier alpha value is -2.12. The number of aliphatic carboxylic acids is 2. The highest BCUT2D eigenvalue weighted by atomic mass is 16.5. The predicted octanol–water partition coefficient (Wildman–Crippen LogP) is 5.51. The number of carbonyl (C=O) groups excluding carboxylic acids is 2. The minimum absolute atomic E-state index is 0.199. The molecule has 0 radical (unpaired) electrons. The van der Waals surface area contributed by atoms with Gasteiger partial charge in [-0.1, -0.05) is 65.2 Å². The zero-order chi connectivity index (χ0) is 25.0. The molecule has 0 aromatic heterocycles. The maximum Gasteiger partial charge on any atom is 0.305 e. The molecule has 0 spiro atoms. The summed E-state index contributed by atoms with van der Waals surface area (Å²) in [6.45, 7) is 4.18. The SMILES string of the molecule is CC(C)(COC(=O)CCCCCCCCC(=O)O)COC(=O)CCCCCCCCC(=O)O. The molecule has 0 aliphatic carbocycles. The van der Waals surface area contributed by atoms with Gasteiger partial charge in [-0.05, 0) is 25.7 Å². The van der Waals surface area contributed by atoms with E-state index in [9.17, 15) is 19.2 Å². The first kappa shape index (κ1) is 30.9. The van der Waals surface area contributed by atoms with Crippen LogP contribution in [0.5, 0.6) is 0 Å². The summed E-state index contributed by atoms with van der Waals surface area (Å²) < 4.78 is 10.7. The molecule has 0 aliphatic heterocycles. The average molecular weight is 473 g/mol. The number of hydrogen-bond acceptors (Lipinski definition) is 6. The number of carboxylic acids is 2. The highest BCUT2D eigenvalue weighted by Crippen LogP contribution is 2.18. The van der Waals surface area contributed by atoms with E-state index in [2.05, 4.69) is 0 Å². The van der Waals surface area contributed by atoms with E-state index in [1.165, 1.54) is 0 Å². The first-order chi connectivity index (χ1) is 15.6. The van der Waals surface area contributed by atoms with Gasteiger partial charge in [0.25, 0.3) is 0 Å². The summed E-state index contributed by atoms with van der Waals surface area (Å²) in [6.07, 6.45) is 11.7.